The number of aromatic nitrogens is 2. The Morgan fingerprint density at radius 1 is 1.10 bits per heavy atom. The molecule has 0 N–H and O–H groups in total. The highest BCUT2D eigenvalue weighted by molar-refractivity contribution is 5.79. The molecule has 166 valence electrons. The number of ether oxygens (including phenoxy) is 2. The molecule has 3 fully saturated rings. The molecule has 0 aliphatic carbocycles. The number of carbonyl (C=O) groups is 1. The maximum atomic E-state index is 12.8. The molecule has 1 unspecified atom stereocenters. The molecular weight excluding hydrogens is 396 g/mol. The molecule has 3 aliphatic rings. The number of carbonyl (C=O) groups excluding carboxylic acids is 1. The van der Waals surface area contributed by atoms with Crippen molar-refractivity contribution in [2.45, 2.75) is 38.8 Å². The summed E-state index contributed by atoms with van der Waals surface area (Å²) >= 11 is 0. The minimum Gasteiger partial charge on any atom is -0.461 e. The van der Waals surface area contributed by atoms with Crippen molar-refractivity contribution in [3.05, 3.63) is 46.0 Å². The Kier molecular flexibility index (Phi) is 5.54. The predicted molar refractivity (Wildman–Crippen MR) is 115 cm³/mol. The first kappa shape index (κ1) is 20.6. The highest BCUT2D eigenvalue weighted by Crippen LogP contribution is 2.43. The Morgan fingerprint density at radius 2 is 1.87 bits per heavy atom. The largest absolute Gasteiger partial charge is 0.461 e. The maximum Gasteiger partial charge on any atom is 0.312 e. The van der Waals surface area contributed by atoms with Gasteiger partial charge < -0.3 is 9.47 Å². The molecule has 31 heavy (non-hydrogen) atoms. The first-order chi connectivity index (χ1) is 15.0. The monoisotopic (exact) mass is 426 g/mol. The van der Waals surface area contributed by atoms with Crippen molar-refractivity contribution < 1.29 is 14.3 Å². The van der Waals surface area contributed by atoms with E-state index in [1.54, 1.807) is 10.5 Å². The van der Waals surface area contributed by atoms with Crippen LogP contribution in [0, 0.1) is 12.3 Å². The number of aryl methyl sites for hydroxylation is 1. The minimum atomic E-state index is -0.346. The van der Waals surface area contributed by atoms with Gasteiger partial charge in [-0.3, -0.25) is 23.8 Å². The molecule has 3 aliphatic heterocycles. The second-order valence-electron chi connectivity index (χ2n) is 9.15. The number of rotatable bonds is 4. The van der Waals surface area contributed by atoms with Gasteiger partial charge in [-0.25, -0.2) is 4.98 Å². The van der Waals surface area contributed by atoms with Crippen molar-refractivity contribution in [2.75, 3.05) is 45.9 Å². The lowest BCUT2D eigenvalue weighted by Gasteiger charge is -2.36. The normalized spacial score (nSPS) is 24.7. The summed E-state index contributed by atoms with van der Waals surface area (Å²) in [5.41, 5.74) is 1.96. The van der Waals surface area contributed by atoms with Crippen LogP contribution in [0.25, 0.3) is 5.65 Å². The fraction of sp³-hybridized carbons (Fsp3) is 0.609. The molecule has 2 aromatic rings. The van der Waals surface area contributed by atoms with Gasteiger partial charge in [-0.2, -0.15) is 0 Å². The lowest BCUT2D eigenvalue weighted by atomic mass is 9.76. The molecule has 0 saturated carbocycles. The van der Waals surface area contributed by atoms with Gasteiger partial charge in [0, 0.05) is 44.4 Å². The highest BCUT2D eigenvalue weighted by Gasteiger charge is 2.50. The number of nitrogens with zero attached hydrogens (tertiary/aromatic N) is 4. The van der Waals surface area contributed by atoms with Gasteiger partial charge in [0.2, 0.25) is 0 Å². The van der Waals surface area contributed by atoms with E-state index in [1.807, 2.05) is 25.1 Å². The molecule has 2 aromatic heterocycles. The molecule has 0 amide bonds. The second kappa shape index (κ2) is 8.33. The fourth-order valence-corrected chi connectivity index (χ4v) is 5.23. The number of piperidine rings is 1. The van der Waals surface area contributed by atoms with Crippen LogP contribution in [0.2, 0.25) is 0 Å². The lowest BCUT2D eigenvalue weighted by Crippen LogP contribution is -2.43. The predicted octanol–water partition coefficient (Wildman–Crippen LogP) is 1.23. The van der Waals surface area contributed by atoms with Gasteiger partial charge in [-0.1, -0.05) is 6.07 Å². The molecule has 8 heteroatoms. The van der Waals surface area contributed by atoms with Gasteiger partial charge in [0.05, 0.1) is 24.3 Å². The lowest BCUT2D eigenvalue weighted by molar-refractivity contribution is -0.151. The van der Waals surface area contributed by atoms with E-state index in [0.29, 0.717) is 12.2 Å². The number of cyclic esters (lactones) is 1. The molecule has 0 radical (unpaired) electrons. The summed E-state index contributed by atoms with van der Waals surface area (Å²) in [6.45, 7) is 8.31. The molecular formula is C23H30N4O4. The molecule has 3 saturated heterocycles. The van der Waals surface area contributed by atoms with Crippen molar-refractivity contribution in [2.24, 2.45) is 5.41 Å². The average Bonchev–Trinajstić information content (AvgIpc) is 3.05. The van der Waals surface area contributed by atoms with Crippen molar-refractivity contribution in [3.8, 4) is 0 Å². The molecule has 5 heterocycles. The first-order valence-corrected chi connectivity index (χ1v) is 11.2. The van der Waals surface area contributed by atoms with E-state index < -0.39 is 0 Å². The van der Waals surface area contributed by atoms with Crippen LogP contribution in [0.3, 0.4) is 0 Å². The van der Waals surface area contributed by atoms with Gasteiger partial charge in [0.25, 0.3) is 5.56 Å². The Balaban J connectivity index is 1.21. The van der Waals surface area contributed by atoms with Gasteiger partial charge in [-0.15, -0.1) is 0 Å². The summed E-state index contributed by atoms with van der Waals surface area (Å²) in [5.74, 6) is -0.0250. The smallest absolute Gasteiger partial charge is 0.312 e. The number of esters is 1. The van der Waals surface area contributed by atoms with Crippen LogP contribution in [-0.2, 0) is 20.8 Å². The summed E-state index contributed by atoms with van der Waals surface area (Å²) < 4.78 is 12.8. The van der Waals surface area contributed by atoms with Gasteiger partial charge in [0.15, 0.2) is 0 Å². The molecule has 5 rings (SSSR count). The zero-order chi connectivity index (χ0) is 21.4. The number of fused-ring (bicyclic) bond motifs is 1. The van der Waals surface area contributed by atoms with E-state index in [4.69, 9.17) is 9.47 Å². The Hall–Kier alpha value is -2.29. The number of pyridine rings is 1. The average molecular weight is 427 g/mol. The van der Waals surface area contributed by atoms with E-state index in [-0.39, 0.29) is 23.0 Å². The van der Waals surface area contributed by atoms with E-state index in [0.717, 1.165) is 76.6 Å². The summed E-state index contributed by atoms with van der Waals surface area (Å²) in [4.78, 5) is 34.6. The summed E-state index contributed by atoms with van der Waals surface area (Å²) in [5, 5.41) is 0. The van der Waals surface area contributed by atoms with Gasteiger partial charge >= 0.3 is 5.97 Å². The Labute approximate surface area is 181 Å². The third kappa shape index (κ3) is 4.12. The van der Waals surface area contributed by atoms with Crippen LogP contribution in [-0.4, -0.2) is 77.2 Å². The Morgan fingerprint density at radius 3 is 2.65 bits per heavy atom. The van der Waals surface area contributed by atoms with E-state index in [9.17, 15) is 9.59 Å². The SMILES string of the molecule is Cc1cccc2nc(CN3CCC4(CC3)CC(CN3CCOCC3)OC4=O)cc(=O)n12. The standard InChI is InChI=1S/C23H30N4O4/c1-17-3-2-4-20-24-18(13-21(28)27(17)20)15-25-7-5-23(6-8-25)14-19(31-22(23)29)16-26-9-11-30-12-10-26/h2-4,13,19H,5-12,14-16H2,1H3. The molecule has 1 atom stereocenters. The van der Waals surface area contributed by atoms with Gasteiger partial charge in [0.1, 0.15) is 11.8 Å². The van der Waals surface area contributed by atoms with E-state index in [2.05, 4.69) is 14.8 Å². The number of hydrogen-bond acceptors (Lipinski definition) is 7. The maximum absolute atomic E-state index is 12.8. The fourth-order valence-electron chi connectivity index (χ4n) is 5.23. The topological polar surface area (TPSA) is 76.4 Å². The van der Waals surface area contributed by atoms with Crippen molar-refractivity contribution in [1.29, 1.82) is 0 Å². The highest BCUT2D eigenvalue weighted by atomic mass is 16.6. The minimum absolute atomic E-state index is 0.0115. The van der Waals surface area contributed by atoms with Crippen LogP contribution >= 0.6 is 0 Å². The molecule has 0 aromatic carbocycles. The van der Waals surface area contributed by atoms with Crippen molar-refractivity contribution >= 4 is 11.6 Å². The van der Waals surface area contributed by atoms with Gasteiger partial charge in [-0.05, 0) is 45.0 Å². The molecule has 1 spiro atoms. The number of hydrogen-bond donors (Lipinski definition) is 0. The quantitative estimate of drug-likeness (QED) is 0.681. The van der Waals surface area contributed by atoms with Crippen molar-refractivity contribution in [3.63, 3.8) is 0 Å². The molecule has 0 bridgehead atoms. The molecule has 8 nitrogen and oxygen atoms in total. The van der Waals surface area contributed by atoms with Crippen LogP contribution in [0.4, 0.5) is 0 Å². The zero-order valence-electron chi connectivity index (χ0n) is 18.1. The summed E-state index contributed by atoms with van der Waals surface area (Å²) in [7, 11) is 0. The van der Waals surface area contributed by atoms with E-state index >= 15 is 0 Å². The zero-order valence-corrected chi connectivity index (χ0v) is 18.1. The van der Waals surface area contributed by atoms with Crippen LogP contribution in [0.15, 0.2) is 29.1 Å². The Bertz CT molecular complexity index is 1020. The summed E-state index contributed by atoms with van der Waals surface area (Å²) in [6.07, 6.45) is 2.41. The third-order valence-electron chi connectivity index (χ3n) is 7.02. The van der Waals surface area contributed by atoms with Crippen LogP contribution in [0.1, 0.15) is 30.7 Å². The van der Waals surface area contributed by atoms with Crippen molar-refractivity contribution in [1.82, 2.24) is 19.2 Å². The second-order valence-corrected chi connectivity index (χ2v) is 9.15. The van der Waals surface area contributed by atoms with E-state index in [1.165, 1.54) is 0 Å². The first-order valence-electron chi connectivity index (χ1n) is 11.2. The summed E-state index contributed by atoms with van der Waals surface area (Å²) in [6, 6.07) is 7.33. The number of morpholine rings is 1. The van der Waals surface area contributed by atoms with Crippen LogP contribution < -0.4 is 5.56 Å². The van der Waals surface area contributed by atoms with Crippen LogP contribution in [0.5, 0.6) is 0 Å². The number of likely N-dealkylation sites (tertiary alicyclic amines) is 1. The third-order valence-corrected chi connectivity index (χ3v) is 7.02.